The molecule has 1 unspecified atom stereocenters. The van der Waals surface area contributed by atoms with Crippen molar-refractivity contribution in [2.75, 3.05) is 26.2 Å². The van der Waals surface area contributed by atoms with E-state index in [2.05, 4.69) is 10.6 Å². The number of rotatable bonds is 4. The van der Waals surface area contributed by atoms with Crippen molar-refractivity contribution in [2.45, 2.75) is 19.6 Å². The van der Waals surface area contributed by atoms with Gasteiger partial charge in [-0.25, -0.2) is 4.79 Å². The fourth-order valence-corrected chi connectivity index (χ4v) is 2.03. The lowest BCUT2D eigenvalue weighted by molar-refractivity contribution is -0.122. The number of ether oxygens (including phenoxy) is 1. The van der Waals surface area contributed by atoms with Crippen molar-refractivity contribution in [3.8, 4) is 0 Å². The molecule has 7 heteroatoms. The van der Waals surface area contributed by atoms with E-state index >= 15 is 0 Å². The first-order valence-electron chi connectivity index (χ1n) is 6.57. The van der Waals surface area contributed by atoms with Gasteiger partial charge in [0.05, 0.1) is 32.1 Å². The van der Waals surface area contributed by atoms with Gasteiger partial charge in [-0.1, -0.05) is 0 Å². The first-order valence-corrected chi connectivity index (χ1v) is 6.57. The summed E-state index contributed by atoms with van der Waals surface area (Å²) in [4.78, 5) is 25.2. The molecule has 1 aromatic heterocycles. The smallest absolute Gasteiger partial charge is 0.321 e. The lowest BCUT2D eigenvalue weighted by Crippen LogP contribution is -2.48. The summed E-state index contributed by atoms with van der Waals surface area (Å²) in [6.45, 7) is 4.41. The van der Waals surface area contributed by atoms with Gasteiger partial charge in [-0.2, -0.15) is 0 Å². The molecule has 7 nitrogen and oxygen atoms in total. The number of imide groups is 1. The molecule has 0 aliphatic carbocycles. The molecule has 0 aromatic carbocycles. The summed E-state index contributed by atoms with van der Waals surface area (Å²) in [6.07, 6.45) is 1.64. The number of urea groups is 1. The molecule has 1 atom stereocenters. The van der Waals surface area contributed by atoms with E-state index < -0.39 is 6.03 Å². The molecule has 110 valence electrons. The maximum Gasteiger partial charge on any atom is 0.321 e. The molecule has 2 N–H and O–H groups in total. The largest absolute Gasteiger partial charge is 0.467 e. The number of hydrogen-bond donors (Lipinski definition) is 2. The number of carbonyl (C=O) groups is 2. The summed E-state index contributed by atoms with van der Waals surface area (Å²) in [7, 11) is 0. The van der Waals surface area contributed by atoms with Crippen LogP contribution in [0.5, 0.6) is 0 Å². The SMILES string of the molecule is CC1CN(CC(=O)NC(=O)NCc2ccco2)CCO1. The third-order valence-electron chi connectivity index (χ3n) is 2.95. The van der Waals surface area contributed by atoms with Crippen molar-refractivity contribution < 1.29 is 18.7 Å². The summed E-state index contributed by atoms with van der Waals surface area (Å²) in [5, 5.41) is 4.85. The summed E-state index contributed by atoms with van der Waals surface area (Å²) in [6, 6.07) is 2.96. The molecular formula is C13H19N3O4. The van der Waals surface area contributed by atoms with Crippen LogP contribution in [0.3, 0.4) is 0 Å². The van der Waals surface area contributed by atoms with E-state index in [0.29, 0.717) is 25.5 Å². The van der Waals surface area contributed by atoms with E-state index in [1.54, 1.807) is 12.1 Å². The molecule has 1 aliphatic rings. The standard InChI is InChI=1S/C13H19N3O4/c1-10-8-16(4-6-19-10)9-12(17)15-13(18)14-7-11-3-2-5-20-11/h2-3,5,10H,4,6-9H2,1H3,(H2,14,15,17,18). The van der Waals surface area contributed by atoms with Gasteiger partial charge in [0.2, 0.25) is 5.91 Å². The third-order valence-corrected chi connectivity index (χ3v) is 2.95. The minimum atomic E-state index is -0.521. The molecule has 2 rings (SSSR count). The molecule has 3 amide bonds. The number of nitrogens with zero attached hydrogens (tertiary/aromatic N) is 1. The Morgan fingerprint density at radius 3 is 3.05 bits per heavy atom. The van der Waals surface area contributed by atoms with Crippen LogP contribution in [0, 0.1) is 0 Å². The summed E-state index contributed by atoms with van der Waals surface area (Å²) in [5.41, 5.74) is 0. The zero-order valence-electron chi connectivity index (χ0n) is 11.4. The van der Waals surface area contributed by atoms with E-state index in [1.165, 1.54) is 6.26 Å². The van der Waals surface area contributed by atoms with Gasteiger partial charge >= 0.3 is 6.03 Å². The maximum atomic E-state index is 11.7. The number of furan rings is 1. The Labute approximate surface area is 117 Å². The zero-order valence-corrected chi connectivity index (χ0v) is 11.4. The predicted octanol–water partition coefficient (Wildman–Crippen LogP) is 0.326. The van der Waals surface area contributed by atoms with Crippen molar-refractivity contribution >= 4 is 11.9 Å². The van der Waals surface area contributed by atoms with Gasteiger partial charge in [0.1, 0.15) is 5.76 Å². The van der Waals surface area contributed by atoms with Crippen LogP contribution in [-0.4, -0.2) is 49.2 Å². The molecule has 1 fully saturated rings. The van der Waals surface area contributed by atoms with Crippen LogP contribution in [-0.2, 0) is 16.1 Å². The highest BCUT2D eigenvalue weighted by atomic mass is 16.5. The molecule has 0 spiro atoms. The molecule has 1 aromatic rings. The summed E-state index contributed by atoms with van der Waals surface area (Å²) < 4.78 is 10.5. The first kappa shape index (κ1) is 14.5. The van der Waals surface area contributed by atoms with E-state index in [-0.39, 0.29) is 25.1 Å². The maximum absolute atomic E-state index is 11.7. The van der Waals surface area contributed by atoms with Crippen LogP contribution >= 0.6 is 0 Å². The normalized spacial score (nSPS) is 19.6. The van der Waals surface area contributed by atoms with E-state index in [9.17, 15) is 9.59 Å². The van der Waals surface area contributed by atoms with Gasteiger partial charge in [-0.3, -0.25) is 15.0 Å². The van der Waals surface area contributed by atoms with Gasteiger partial charge in [0.25, 0.3) is 0 Å². The quantitative estimate of drug-likeness (QED) is 0.830. The van der Waals surface area contributed by atoms with Gasteiger partial charge in [-0.05, 0) is 19.1 Å². The van der Waals surface area contributed by atoms with Gasteiger partial charge in [-0.15, -0.1) is 0 Å². The van der Waals surface area contributed by atoms with Gasteiger partial charge in [0, 0.05) is 13.1 Å². The number of amides is 3. The van der Waals surface area contributed by atoms with E-state index in [0.717, 1.165) is 0 Å². The second-order valence-electron chi connectivity index (χ2n) is 4.73. The van der Waals surface area contributed by atoms with Crippen molar-refractivity contribution in [1.29, 1.82) is 0 Å². The first-order chi connectivity index (χ1) is 9.63. The number of hydrogen-bond acceptors (Lipinski definition) is 5. The molecule has 0 saturated carbocycles. The van der Waals surface area contributed by atoms with Crippen molar-refractivity contribution in [3.05, 3.63) is 24.2 Å². The highest BCUT2D eigenvalue weighted by Gasteiger charge is 2.19. The second-order valence-corrected chi connectivity index (χ2v) is 4.73. The minimum Gasteiger partial charge on any atom is -0.467 e. The number of morpholine rings is 1. The Balaban J connectivity index is 1.67. The number of carbonyl (C=O) groups excluding carboxylic acids is 2. The second kappa shape index (κ2) is 7.06. The Morgan fingerprint density at radius 2 is 2.35 bits per heavy atom. The fourth-order valence-electron chi connectivity index (χ4n) is 2.03. The molecule has 20 heavy (non-hydrogen) atoms. The Bertz CT molecular complexity index is 446. The monoisotopic (exact) mass is 281 g/mol. The van der Waals surface area contributed by atoms with E-state index in [1.807, 2.05) is 11.8 Å². The summed E-state index contributed by atoms with van der Waals surface area (Å²) >= 11 is 0. The van der Waals surface area contributed by atoms with Crippen LogP contribution in [0.2, 0.25) is 0 Å². The van der Waals surface area contributed by atoms with Crippen molar-refractivity contribution in [3.63, 3.8) is 0 Å². The Kier molecular flexibility index (Phi) is 5.14. The third kappa shape index (κ3) is 4.67. The fraction of sp³-hybridized carbons (Fsp3) is 0.538. The number of nitrogens with one attached hydrogen (secondary N) is 2. The topological polar surface area (TPSA) is 83.8 Å². The molecule has 0 radical (unpaired) electrons. The molecule has 0 bridgehead atoms. The average molecular weight is 281 g/mol. The molecular weight excluding hydrogens is 262 g/mol. The molecule has 1 saturated heterocycles. The molecule has 2 heterocycles. The predicted molar refractivity (Wildman–Crippen MR) is 70.9 cm³/mol. The Morgan fingerprint density at radius 1 is 1.50 bits per heavy atom. The van der Waals surface area contributed by atoms with Crippen LogP contribution in [0.4, 0.5) is 4.79 Å². The molecule has 1 aliphatic heterocycles. The summed E-state index contributed by atoms with van der Waals surface area (Å²) in [5.74, 6) is 0.311. The highest BCUT2D eigenvalue weighted by molar-refractivity contribution is 5.95. The zero-order chi connectivity index (χ0) is 14.4. The Hall–Kier alpha value is -1.86. The lowest BCUT2D eigenvalue weighted by atomic mass is 10.3. The van der Waals surface area contributed by atoms with Gasteiger partial charge in [0.15, 0.2) is 0 Å². The van der Waals surface area contributed by atoms with Crippen LogP contribution < -0.4 is 10.6 Å². The van der Waals surface area contributed by atoms with Crippen LogP contribution in [0.1, 0.15) is 12.7 Å². The van der Waals surface area contributed by atoms with Gasteiger partial charge < -0.3 is 14.5 Å². The van der Waals surface area contributed by atoms with Crippen LogP contribution in [0.15, 0.2) is 22.8 Å². The minimum absolute atomic E-state index is 0.115. The van der Waals surface area contributed by atoms with Crippen molar-refractivity contribution in [1.82, 2.24) is 15.5 Å². The lowest BCUT2D eigenvalue weighted by Gasteiger charge is -2.30. The average Bonchev–Trinajstić information content (AvgIpc) is 2.89. The highest BCUT2D eigenvalue weighted by Crippen LogP contribution is 2.03. The van der Waals surface area contributed by atoms with Crippen molar-refractivity contribution in [2.24, 2.45) is 0 Å². The van der Waals surface area contributed by atoms with Crippen LogP contribution in [0.25, 0.3) is 0 Å². The van der Waals surface area contributed by atoms with E-state index in [4.69, 9.17) is 9.15 Å².